The zero-order valence-electron chi connectivity index (χ0n) is 16.6. The molecule has 0 amide bonds. The number of rotatable bonds is 9. The SMILES string of the molecule is Cc1ccccc1COc1ccc(Br)cc1CNC(C)CCc1ccccc1. The standard InChI is InChI=1S/C25H28BrNO/c1-19-8-6-7-11-22(19)18-28-25-15-14-24(26)16-23(25)17-27-20(2)12-13-21-9-4-3-5-10-21/h3-11,14-16,20,27H,12-13,17-18H2,1-2H3. The summed E-state index contributed by atoms with van der Waals surface area (Å²) < 4.78 is 7.23. The van der Waals surface area contributed by atoms with Gasteiger partial charge in [0.1, 0.15) is 12.4 Å². The third-order valence-corrected chi connectivity index (χ3v) is 5.51. The van der Waals surface area contributed by atoms with Crippen LogP contribution in [0.1, 0.15) is 35.6 Å². The van der Waals surface area contributed by atoms with Crippen LogP contribution in [0.15, 0.2) is 77.3 Å². The summed E-state index contributed by atoms with van der Waals surface area (Å²) in [6, 6.07) is 25.7. The van der Waals surface area contributed by atoms with Crippen molar-refractivity contribution < 1.29 is 4.74 Å². The minimum atomic E-state index is 0.434. The van der Waals surface area contributed by atoms with Gasteiger partial charge in [-0.1, -0.05) is 70.5 Å². The summed E-state index contributed by atoms with van der Waals surface area (Å²) in [5.41, 5.74) is 5.05. The van der Waals surface area contributed by atoms with Crippen molar-refractivity contribution in [3.63, 3.8) is 0 Å². The van der Waals surface area contributed by atoms with E-state index < -0.39 is 0 Å². The quantitative estimate of drug-likeness (QED) is 0.415. The molecular formula is C25H28BrNO. The fourth-order valence-corrected chi connectivity index (χ4v) is 3.58. The molecule has 0 aliphatic rings. The Bertz CT molecular complexity index is 879. The highest BCUT2D eigenvalue weighted by atomic mass is 79.9. The van der Waals surface area contributed by atoms with Gasteiger partial charge in [-0.3, -0.25) is 0 Å². The van der Waals surface area contributed by atoms with Gasteiger partial charge in [-0.25, -0.2) is 0 Å². The van der Waals surface area contributed by atoms with Crippen molar-refractivity contribution in [3.05, 3.63) is 99.5 Å². The van der Waals surface area contributed by atoms with Crippen molar-refractivity contribution in [2.75, 3.05) is 0 Å². The molecule has 3 heteroatoms. The Kier molecular flexibility index (Phi) is 7.70. The second kappa shape index (κ2) is 10.4. The Labute approximate surface area is 177 Å². The minimum Gasteiger partial charge on any atom is -0.489 e. The second-order valence-corrected chi connectivity index (χ2v) is 8.19. The molecule has 1 unspecified atom stereocenters. The average molecular weight is 438 g/mol. The van der Waals surface area contributed by atoms with Crippen LogP contribution in [-0.2, 0) is 19.6 Å². The lowest BCUT2D eigenvalue weighted by Gasteiger charge is -2.17. The summed E-state index contributed by atoms with van der Waals surface area (Å²) in [6.07, 6.45) is 2.20. The fourth-order valence-electron chi connectivity index (χ4n) is 3.17. The average Bonchev–Trinajstić information content (AvgIpc) is 2.72. The molecule has 3 aromatic rings. The molecule has 3 rings (SSSR count). The van der Waals surface area contributed by atoms with E-state index in [4.69, 9.17) is 4.74 Å². The first-order valence-electron chi connectivity index (χ1n) is 9.85. The van der Waals surface area contributed by atoms with Crippen LogP contribution >= 0.6 is 15.9 Å². The van der Waals surface area contributed by atoms with Crippen LogP contribution < -0.4 is 10.1 Å². The van der Waals surface area contributed by atoms with Gasteiger partial charge in [-0.05, 0) is 61.6 Å². The van der Waals surface area contributed by atoms with Crippen molar-refractivity contribution in [1.82, 2.24) is 5.32 Å². The molecule has 0 fully saturated rings. The normalized spacial score (nSPS) is 12.0. The van der Waals surface area contributed by atoms with Gasteiger partial charge >= 0.3 is 0 Å². The lowest BCUT2D eigenvalue weighted by atomic mass is 10.1. The Balaban J connectivity index is 1.57. The molecule has 0 radical (unpaired) electrons. The molecule has 0 aliphatic heterocycles. The first-order chi connectivity index (χ1) is 13.6. The molecule has 0 bridgehead atoms. The van der Waals surface area contributed by atoms with E-state index in [1.807, 2.05) is 12.1 Å². The molecule has 146 valence electrons. The number of aryl methyl sites for hydroxylation is 2. The molecule has 0 aliphatic carbocycles. The molecule has 0 saturated heterocycles. The van der Waals surface area contributed by atoms with Gasteiger partial charge in [0.15, 0.2) is 0 Å². The first kappa shape index (κ1) is 20.6. The van der Waals surface area contributed by atoms with Gasteiger partial charge < -0.3 is 10.1 Å². The second-order valence-electron chi connectivity index (χ2n) is 7.27. The first-order valence-corrected chi connectivity index (χ1v) is 10.6. The molecule has 28 heavy (non-hydrogen) atoms. The monoisotopic (exact) mass is 437 g/mol. The predicted molar refractivity (Wildman–Crippen MR) is 121 cm³/mol. The lowest BCUT2D eigenvalue weighted by molar-refractivity contribution is 0.300. The van der Waals surface area contributed by atoms with Gasteiger partial charge in [0.05, 0.1) is 0 Å². The number of halogens is 1. The van der Waals surface area contributed by atoms with Crippen LogP contribution in [0.2, 0.25) is 0 Å². The van der Waals surface area contributed by atoms with Gasteiger partial charge in [-0.15, -0.1) is 0 Å². The van der Waals surface area contributed by atoms with Crippen LogP contribution in [0, 0.1) is 6.92 Å². The van der Waals surface area contributed by atoms with Crippen LogP contribution in [0.25, 0.3) is 0 Å². The number of ether oxygens (including phenoxy) is 1. The number of benzene rings is 3. The van der Waals surface area contributed by atoms with Crippen molar-refractivity contribution in [2.45, 2.75) is 45.9 Å². The number of hydrogen-bond donors (Lipinski definition) is 1. The molecule has 0 aromatic heterocycles. The van der Waals surface area contributed by atoms with Gasteiger partial charge in [0.2, 0.25) is 0 Å². The molecule has 2 nitrogen and oxygen atoms in total. The maximum Gasteiger partial charge on any atom is 0.124 e. The third-order valence-electron chi connectivity index (χ3n) is 5.02. The fraction of sp³-hybridized carbons (Fsp3) is 0.280. The van der Waals surface area contributed by atoms with E-state index >= 15 is 0 Å². The van der Waals surface area contributed by atoms with Crippen LogP contribution in [0.3, 0.4) is 0 Å². The summed E-state index contributed by atoms with van der Waals surface area (Å²) in [5.74, 6) is 0.939. The third kappa shape index (κ3) is 6.22. The van der Waals surface area contributed by atoms with Crippen molar-refractivity contribution >= 4 is 15.9 Å². The molecule has 0 spiro atoms. The maximum atomic E-state index is 6.16. The van der Waals surface area contributed by atoms with E-state index in [1.165, 1.54) is 22.3 Å². The van der Waals surface area contributed by atoms with E-state index in [9.17, 15) is 0 Å². The summed E-state index contributed by atoms with van der Waals surface area (Å²) in [6.45, 7) is 5.75. The highest BCUT2D eigenvalue weighted by Gasteiger charge is 2.09. The predicted octanol–water partition coefficient (Wildman–Crippen LogP) is 6.45. The van der Waals surface area contributed by atoms with Gasteiger partial charge in [-0.2, -0.15) is 0 Å². The lowest BCUT2D eigenvalue weighted by Crippen LogP contribution is -2.26. The van der Waals surface area contributed by atoms with E-state index in [0.717, 1.165) is 29.6 Å². The zero-order chi connectivity index (χ0) is 19.8. The van der Waals surface area contributed by atoms with Gasteiger partial charge in [0, 0.05) is 22.6 Å². The van der Waals surface area contributed by atoms with Crippen LogP contribution in [-0.4, -0.2) is 6.04 Å². The summed E-state index contributed by atoms with van der Waals surface area (Å²) in [4.78, 5) is 0. The van der Waals surface area contributed by atoms with Crippen molar-refractivity contribution in [2.24, 2.45) is 0 Å². The zero-order valence-corrected chi connectivity index (χ0v) is 18.2. The molecule has 1 N–H and O–H groups in total. The minimum absolute atomic E-state index is 0.434. The van der Waals surface area contributed by atoms with E-state index in [0.29, 0.717) is 12.6 Å². The van der Waals surface area contributed by atoms with Crippen molar-refractivity contribution in [1.29, 1.82) is 0 Å². The molecule has 3 aromatic carbocycles. The Morgan fingerprint density at radius 1 is 0.929 bits per heavy atom. The van der Waals surface area contributed by atoms with E-state index in [2.05, 4.69) is 95.8 Å². The number of hydrogen-bond acceptors (Lipinski definition) is 2. The highest BCUT2D eigenvalue weighted by molar-refractivity contribution is 9.10. The Hall–Kier alpha value is -2.10. The van der Waals surface area contributed by atoms with E-state index in [-0.39, 0.29) is 0 Å². The summed E-state index contributed by atoms with van der Waals surface area (Å²) in [5, 5.41) is 3.65. The van der Waals surface area contributed by atoms with Crippen LogP contribution in [0.5, 0.6) is 5.75 Å². The Morgan fingerprint density at radius 2 is 1.68 bits per heavy atom. The summed E-state index contributed by atoms with van der Waals surface area (Å²) >= 11 is 3.59. The van der Waals surface area contributed by atoms with Gasteiger partial charge in [0.25, 0.3) is 0 Å². The highest BCUT2D eigenvalue weighted by Crippen LogP contribution is 2.25. The smallest absolute Gasteiger partial charge is 0.124 e. The summed E-state index contributed by atoms with van der Waals surface area (Å²) in [7, 11) is 0. The maximum absolute atomic E-state index is 6.16. The van der Waals surface area contributed by atoms with Crippen LogP contribution in [0.4, 0.5) is 0 Å². The van der Waals surface area contributed by atoms with E-state index in [1.54, 1.807) is 0 Å². The number of nitrogens with one attached hydrogen (secondary N) is 1. The topological polar surface area (TPSA) is 21.3 Å². The molecule has 0 saturated carbocycles. The molecular weight excluding hydrogens is 410 g/mol. The largest absolute Gasteiger partial charge is 0.489 e. The molecule has 1 atom stereocenters. The van der Waals surface area contributed by atoms with Crippen molar-refractivity contribution in [3.8, 4) is 5.75 Å². The molecule has 0 heterocycles. The Morgan fingerprint density at radius 3 is 2.46 bits per heavy atom.